The van der Waals surface area contributed by atoms with Crippen LogP contribution in [-0.4, -0.2) is 39.3 Å². The number of nitrogens with zero attached hydrogens (tertiary/aromatic N) is 1. The number of rotatable bonds is 5. The van der Waals surface area contributed by atoms with Gasteiger partial charge in [0.25, 0.3) is 5.91 Å². The van der Waals surface area contributed by atoms with Gasteiger partial charge < -0.3 is 19.7 Å². The Labute approximate surface area is 161 Å². The molecule has 1 aliphatic heterocycles. The lowest BCUT2D eigenvalue weighted by molar-refractivity contribution is -0.922. The maximum absolute atomic E-state index is 12.7. The lowest BCUT2D eigenvalue weighted by atomic mass is 9.67. The van der Waals surface area contributed by atoms with Crippen LogP contribution in [0.25, 0.3) is 0 Å². The normalized spacial score (nSPS) is 28.3. The van der Waals surface area contributed by atoms with Crippen molar-refractivity contribution in [2.45, 2.75) is 46.1 Å². The molecule has 1 saturated heterocycles. The molecule has 2 fully saturated rings. The predicted octanol–water partition coefficient (Wildman–Crippen LogP) is 2.00. The molecule has 1 unspecified atom stereocenters. The molecule has 3 atom stereocenters. The van der Waals surface area contributed by atoms with Crippen molar-refractivity contribution in [3.05, 3.63) is 17.7 Å². The van der Waals surface area contributed by atoms with Gasteiger partial charge in [-0.3, -0.25) is 4.79 Å². The van der Waals surface area contributed by atoms with E-state index in [9.17, 15) is 10.1 Å². The van der Waals surface area contributed by atoms with Crippen molar-refractivity contribution in [1.82, 2.24) is 0 Å². The number of benzene rings is 1. The third kappa shape index (κ3) is 3.49. The Kier molecular flexibility index (Phi) is 5.09. The van der Waals surface area contributed by atoms with E-state index in [4.69, 9.17) is 9.47 Å². The van der Waals surface area contributed by atoms with Gasteiger partial charge in [0.1, 0.15) is 6.07 Å². The van der Waals surface area contributed by atoms with Crippen molar-refractivity contribution in [1.29, 1.82) is 5.26 Å². The lowest BCUT2D eigenvalue weighted by Crippen LogP contribution is -3.17. The Hall–Kier alpha value is -2.26. The number of piperidine rings is 1. The van der Waals surface area contributed by atoms with Crippen LogP contribution in [0.2, 0.25) is 0 Å². The smallest absolute Gasteiger partial charge is 0.279 e. The number of hydrogen-bond donors (Lipinski definition) is 2. The number of ether oxygens (including phenoxy) is 2. The molecule has 146 valence electrons. The molecule has 1 aromatic rings. The fourth-order valence-corrected chi connectivity index (χ4v) is 4.83. The second-order valence-corrected chi connectivity index (χ2v) is 8.80. The highest BCUT2D eigenvalue weighted by atomic mass is 16.5. The number of carbonyl (C=O) groups is 1. The van der Waals surface area contributed by atoms with Crippen LogP contribution in [0.1, 0.15) is 45.6 Å². The van der Waals surface area contributed by atoms with Gasteiger partial charge in [-0.15, -0.1) is 0 Å². The molecule has 3 rings (SSSR count). The van der Waals surface area contributed by atoms with Crippen LogP contribution < -0.4 is 19.7 Å². The number of carbonyl (C=O) groups excluding carboxylic acids is 1. The molecule has 1 aliphatic carbocycles. The van der Waals surface area contributed by atoms with Crippen LogP contribution in [-0.2, 0) is 4.79 Å². The van der Waals surface area contributed by atoms with E-state index in [0.717, 1.165) is 19.4 Å². The summed E-state index contributed by atoms with van der Waals surface area (Å²) in [5.74, 6) is 0.897. The summed E-state index contributed by atoms with van der Waals surface area (Å²) < 4.78 is 10.5. The SMILES string of the molecule is COc1cc(C#N)c(NC(=O)C[NH+]2CC[C@]3(C)C[C@@H]2CC3(C)C)cc1OC. The van der Waals surface area contributed by atoms with Gasteiger partial charge in [-0.25, -0.2) is 0 Å². The molecule has 2 bridgehead atoms. The van der Waals surface area contributed by atoms with Crippen LogP contribution in [0.4, 0.5) is 5.69 Å². The van der Waals surface area contributed by atoms with Gasteiger partial charge in [0.15, 0.2) is 18.0 Å². The van der Waals surface area contributed by atoms with Gasteiger partial charge in [0.2, 0.25) is 0 Å². The van der Waals surface area contributed by atoms with E-state index < -0.39 is 0 Å². The van der Waals surface area contributed by atoms with Crippen molar-refractivity contribution in [3.63, 3.8) is 0 Å². The molecule has 0 aromatic heterocycles. The molecular formula is C21H30N3O3+. The maximum atomic E-state index is 12.7. The zero-order valence-electron chi connectivity index (χ0n) is 16.9. The highest BCUT2D eigenvalue weighted by Crippen LogP contribution is 2.54. The van der Waals surface area contributed by atoms with Crippen LogP contribution in [0.3, 0.4) is 0 Å². The van der Waals surface area contributed by atoms with Crippen LogP contribution >= 0.6 is 0 Å². The second-order valence-electron chi connectivity index (χ2n) is 8.80. The second kappa shape index (κ2) is 7.05. The first-order valence-corrected chi connectivity index (χ1v) is 9.53. The number of likely N-dealkylation sites (tertiary alicyclic amines) is 1. The molecule has 1 aromatic carbocycles. The average molecular weight is 372 g/mol. The molecule has 2 aliphatic rings. The Morgan fingerprint density at radius 2 is 1.93 bits per heavy atom. The molecule has 1 heterocycles. The molecule has 6 nitrogen and oxygen atoms in total. The van der Waals surface area contributed by atoms with E-state index in [-0.39, 0.29) is 5.91 Å². The maximum Gasteiger partial charge on any atom is 0.279 e. The number of anilines is 1. The van der Waals surface area contributed by atoms with Crippen molar-refractivity contribution in [2.75, 3.05) is 32.6 Å². The molecular weight excluding hydrogens is 342 g/mol. The zero-order chi connectivity index (χ0) is 19.8. The fraction of sp³-hybridized carbons (Fsp3) is 0.619. The van der Waals surface area contributed by atoms with Crippen LogP contribution in [0.5, 0.6) is 11.5 Å². The summed E-state index contributed by atoms with van der Waals surface area (Å²) in [6.45, 7) is 8.56. The summed E-state index contributed by atoms with van der Waals surface area (Å²) in [4.78, 5) is 14.1. The van der Waals surface area contributed by atoms with Gasteiger partial charge >= 0.3 is 0 Å². The topological polar surface area (TPSA) is 75.8 Å². The van der Waals surface area contributed by atoms with E-state index in [1.54, 1.807) is 12.1 Å². The first kappa shape index (κ1) is 19.5. The molecule has 27 heavy (non-hydrogen) atoms. The minimum absolute atomic E-state index is 0.0676. The Morgan fingerprint density at radius 3 is 2.56 bits per heavy atom. The third-order valence-electron chi connectivity index (χ3n) is 6.97. The van der Waals surface area contributed by atoms with E-state index in [1.807, 2.05) is 0 Å². The number of hydrogen-bond acceptors (Lipinski definition) is 4. The van der Waals surface area contributed by atoms with E-state index in [2.05, 4.69) is 32.2 Å². The van der Waals surface area contributed by atoms with Gasteiger partial charge in [-0.1, -0.05) is 20.8 Å². The molecule has 6 heteroatoms. The first-order chi connectivity index (χ1) is 12.7. The number of amides is 1. The van der Waals surface area contributed by atoms with Crippen molar-refractivity contribution in [3.8, 4) is 17.6 Å². The number of quaternary nitrogens is 1. The molecule has 2 N–H and O–H groups in total. The van der Waals surface area contributed by atoms with Gasteiger partial charge in [-0.05, 0) is 10.8 Å². The van der Waals surface area contributed by atoms with E-state index >= 15 is 0 Å². The zero-order valence-corrected chi connectivity index (χ0v) is 16.9. The Morgan fingerprint density at radius 1 is 1.26 bits per heavy atom. The summed E-state index contributed by atoms with van der Waals surface area (Å²) in [5.41, 5.74) is 1.54. The standard InChI is InChI=1S/C21H29N3O3/c1-20(2)10-15-11-21(20,3)6-7-24(15)13-19(25)23-16-9-18(27-5)17(26-4)8-14(16)12-22/h8-9,15H,6-7,10-11,13H2,1-5H3,(H,23,25)/p+1/t15-,21+/m0/s1. The molecule has 1 saturated carbocycles. The quantitative estimate of drug-likeness (QED) is 0.829. The van der Waals surface area contributed by atoms with Crippen molar-refractivity contribution in [2.24, 2.45) is 10.8 Å². The van der Waals surface area contributed by atoms with Gasteiger partial charge in [0, 0.05) is 31.4 Å². The minimum Gasteiger partial charge on any atom is -0.493 e. The largest absolute Gasteiger partial charge is 0.493 e. The third-order valence-corrected chi connectivity index (χ3v) is 6.97. The molecule has 0 radical (unpaired) electrons. The van der Waals surface area contributed by atoms with Gasteiger partial charge in [-0.2, -0.15) is 5.26 Å². The molecule has 0 spiro atoms. The minimum atomic E-state index is -0.0676. The lowest BCUT2D eigenvalue weighted by Gasteiger charge is -2.40. The highest BCUT2D eigenvalue weighted by Gasteiger charge is 2.56. The van der Waals surface area contributed by atoms with Crippen molar-refractivity contribution >= 4 is 11.6 Å². The number of nitrogens with one attached hydrogen (secondary N) is 2. The summed E-state index contributed by atoms with van der Waals surface area (Å²) in [7, 11) is 3.06. The summed E-state index contributed by atoms with van der Waals surface area (Å²) in [6, 6.07) is 5.89. The number of nitriles is 1. The summed E-state index contributed by atoms with van der Waals surface area (Å²) >= 11 is 0. The van der Waals surface area contributed by atoms with Crippen LogP contribution in [0.15, 0.2) is 12.1 Å². The fourth-order valence-electron chi connectivity index (χ4n) is 4.83. The highest BCUT2D eigenvalue weighted by molar-refractivity contribution is 5.93. The number of methoxy groups -OCH3 is 2. The Balaban J connectivity index is 1.71. The average Bonchev–Trinajstić information content (AvgIpc) is 2.82. The van der Waals surface area contributed by atoms with E-state index in [0.29, 0.717) is 46.2 Å². The predicted molar refractivity (Wildman–Crippen MR) is 103 cm³/mol. The van der Waals surface area contributed by atoms with E-state index in [1.165, 1.54) is 25.5 Å². The monoisotopic (exact) mass is 372 g/mol. The Bertz CT molecular complexity index is 782. The van der Waals surface area contributed by atoms with Gasteiger partial charge in [0.05, 0.1) is 38.1 Å². The first-order valence-electron chi connectivity index (χ1n) is 9.53. The summed E-state index contributed by atoms with van der Waals surface area (Å²) in [5, 5.41) is 12.3. The van der Waals surface area contributed by atoms with Crippen LogP contribution in [0, 0.1) is 22.2 Å². The number of fused-ring (bicyclic) bond motifs is 2. The van der Waals surface area contributed by atoms with Crippen molar-refractivity contribution < 1.29 is 19.2 Å². The summed E-state index contributed by atoms with van der Waals surface area (Å²) in [6.07, 6.45) is 3.49. The molecule has 1 amide bonds.